The van der Waals surface area contributed by atoms with Crippen LogP contribution in [0.2, 0.25) is 0 Å². The van der Waals surface area contributed by atoms with E-state index in [1.165, 1.54) is 24.2 Å². The molecule has 0 atom stereocenters. The lowest BCUT2D eigenvalue weighted by molar-refractivity contribution is -0.144. The largest absolute Gasteiger partial charge is 0.504 e. The number of carbonyl (C=O) groups excluding carboxylic acids is 3. The van der Waals surface area contributed by atoms with E-state index >= 15 is 0 Å². The van der Waals surface area contributed by atoms with E-state index in [0.717, 1.165) is 6.08 Å². The van der Waals surface area contributed by atoms with Crippen molar-refractivity contribution in [3.05, 3.63) is 29.8 Å². The predicted octanol–water partition coefficient (Wildman–Crippen LogP) is 0.162. The van der Waals surface area contributed by atoms with Crippen molar-refractivity contribution < 1.29 is 29.0 Å². The molecule has 0 fully saturated rings. The van der Waals surface area contributed by atoms with Crippen LogP contribution in [0, 0.1) is 0 Å². The number of amides is 2. The summed E-state index contributed by atoms with van der Waals surface area (Å²) in [6.45, 7) is -0.644. The van der Waals surface area contributed by atoms with Crippen molar-refractivity contribution in [2.75, 3.05) is 34.4 Å². The van der Waals surface area contributed by atoms with Crippen LogP contribution in [-0.2, 0) is 19.1 Å². The van der Waals surface area contributed by atoms with E-state index in [4.69, 9.17) is 9.47 Å². The molecule has 0 saturated heterocycles. The standard InChI is InChI=1S/C16H20N2O6/c1-18(2)15(21)9-17-14(20)10-24-16(22)7-5-11-4-6-12(19)13(8-11)23-3/h4-8,19H,9-10H2,1-3H3,(H,17,20)/b7-5+. The normalized spacial score (nSPS) is 10.3. The predicted molar refractivity (Wildman–Crippen MR) is 86.4 cm³/mol. The van der Waals surface area contributed by atoms with Gasteiger partial charge in [-0.05, 0) is 23.8 Å². The molecule has 0 spiro atoms. The molecule has 0 aliphatic heterocycles. The molecule has 0 radical (unpaired) electrons. The molecule has 0 aromatic heterocycles. The molecule has 1 aromatic rings. The Morgan fingerprint density at radius 1 is 1.29 bits per heavy atom. The molecule has 24 heavy (non-hydrogen) atoms. The average molecular weight is 336 g/mol. The molecule has 8 nitrogen and oxygen atoms in total. The number of hydrogen-bond donors (Lipinski definition) is 2. The highest BCUT2D eigenvalue weighted by molar-refractivity contribution is 5.90. The Morgan fingerprint density at radius 3 is 2.62 bits per heavy atom. The summed E-state index contributed by atoms with van der Waals surface area (Å²) in [6, 6.07) is 4.55. The van der Waals surface area contributed by atoms with E-state index in [1.807, 2.05) is 0 Å². The number of phenols is 1. The van der Waals surface area contributed by atoms with Crippen LogP contribution >= 0.6 is 0 Å². The molecule has 8 heteroatoms. The molecular formula is C16H20N2O6. The van der Waals surface area contributed by atoms with E-state index in [2.05, 4.69) is 5.32 Å². The van der Waals surface area contributed by atoms with Crippen LogP contribution in [0.15, 0.2) is 24.3 Å². The molecule has 130 valence electrons. The first-order valence-electron chi connectivity index (χ1n) is 7.02. The third kappa shape index (κ3) is 6.39. The Bertz CT molecular complexity index is 639. The molecule has 0 unspecified atom stereocenters. The first-order valence-corrected chi connectivity index (χ1v) is 7.02. The van der Waals surface area contributed by atoms with Gasteiger partial charge in [0.1, 0.15) is 0 Å². The van der Waals surface area contributed by atoms with Gasteiger partial charge in [-0.3, -0.25) is 9.59 Å². The highest BCUT2D eigenvalue weighted by Crippen LogP contribution is 2.26. The zero-order valence-electron chi connectivity index (χ0n) is 13.7. The quantitative estimate of drug-likeness (QED) is 0.543. The molecule has 2 amide bonds. The number of methoxy groups -OCH3 is 1. The lowest BCUT2D eigenvalue weighted by Gasteiger charge is -2.10. The molecule has 0 aliphatic carbocycles. The fourth-order valence-electron chi connectivity index (χ4n) is 1.53. The number of hydrogen-bond acceptors (Lipinski definition) is 6. The van der Waals surface area contributed by atoms with Crippen LogP contribution in [0.3, 0.4) is 0 Å². The van der Waals surface area contributed by atoms with Crippen LogP contribution in [0.25, 0.3) is 6.08 Å². The van der Waals surface area contributed by atoms with Crippen LogP contribution in [0.1, 0.15) is 5.56 Å². The minimum absolute atomic E-state index is 0.0128. The number of esters is 1. The summed E-state index contributed by atoms with van der Waals surface area (Å²) in [5, 5.41) is 11.8. The Balaban J connectivity index is 2.43. The SMILES string of the molecule is COc1cc(/C=C/C(=O)OCC(=O)NCC(=O)N(C)C)ccc1O. The molecule has 0 aliphatic rings. The van der Waals surface area contributed by atoms with Crippen molar-refractivity contribution in [3.8, 4) is 11.5 Å². The number of aromatic hydroxyl groups is 1. The number of benzene rings is 1. The number of carbonyl (C=O) groups is 3. The Kier molecular flexibility index (Phi) is 7.28. The van der Waals surface area contributed by atoms with Crippen molar-refractivity contribution >= 4 is 23.9 Å². The highest BCUT2D eigenvalue weighted by atomic mass is 16.5. The maximum Gasteiger partial charge on any atom is 0.331 e. The van der Waals surface area contributed by atoms with Crippen molar-refractivity contribution in [1.82, 2.24) is 10.2 Å². The van der Waals surface area contributed by atoms with Crippen LogP contribution in [-0.4, -0.2) is 62.1 Å². The van der Waals surface area contributed by atoms with Gasteiger partial charge in [0.05, 0.1) is 13.7 Å². The van der Waals surface area contributed by atoms with Crippen LogP contribution < -0.4 is 10.1 Å². The summed E-state index contributed by atoms with van der Waals surface area (Å²) in [4.78, 5) is 35.6. The Hall–Kier alpha value is -3.03. The van der Waals surface area contributed by atoms with E-state index < -0.39 is 18.5 Å². The van der Waals surface area contributed by atoms with E-state index in [0.29, 0.717) is 5.56 Å². The van der Waals surface area contributed by atoms with Gasteiger partial charge >= 0.3 is 5.97 Å². The van der Waals surface area contributed by atoms with Crippen molar-refractivity contribution in [2.45, 2.75) is 0 Å². The van der Waals surface area contributed by atoms with E-state index in [9.17, 15) is 19.5 Å². The average Bonchev–Trinajstić information content (AvgIpc) is 2.56. The number of phenolic OH excluding ortho intramolecular Hbond substituents is 1. The van der Waals surface area contributed by atoms with Gasteiger partial charge in [-0.1, -0.05) is 6.07 Å². The van der Waals surface area contributed by atoms with Crippen LogP contribution in [0.4, 0.5) is 0 Å². The molecular weight excluding hydrogens is 316 g/mol. The van der Waals surface area contributed by atoms with E-state index in [1.54, 1.807) is 26.2 Å². The number of nitrogens with one attached hydrogen (secondary N) is 1. The molecule has 1 aromatic carbocycles. The van der Waals surface area contributed by atoms with Crippen LogP contribution in [0.5, 0.6) is 11.5 Å². The maximum absolute atomic E-state index is 11.5. The number of nitrogens with zero attached hydrogens (tertiary/aromatic N) is 1. The number of rotatable bonds is 7. The Morgan fingerprint density at radius 2 is 2.00 bits per heavy atom. The lowest BCUT2D eigenvalue weighted by atomic mass is 10.2. The summed E-state index contributed by atoms with van der Waals surface area (Å²) < 4.78 is 9.71. The minimum atomic E-state index is -0.712. The fourth-order valence-corrected chi connectivity index (χ4v) is 1.53. The first kappa shape index (κ1) is 19.0. The smallest absolute Gasteiger partial charge is 0.331 e. The van der Waals surface area contributed by atoms with Gasteiger partial charge in [-0.15, -0.1) is 0 Å². The second-order valence-electron chi connectivity index (χ2n) is 4.94. The van der Waals surface area contributed by atoms with Gasteiger partial charge in [0.15, 0.2) is 18.1 Å². The number of ether oxygens (including phenoxy) is 2. The number of likely N-dealkylation sites (N-methyl/N-ethyl adjacent to an activating group) is 1. The first-order chi connectivity index (χ1) is 11.3. The zero-order valence-corrected chi connectivity index (χ0v) is 13.7. The van der Waals surface area contributed by atoms with Crippen molar-refractivity contribution in [1.29, 1.82) is 0 Å². The van der Waals surface area contributed by atoms with Gasteiger partial charge in [-0.2, -0.15) is 0 Å². The topological polar surface area (TPSA) is 105 Å². The third-order valence-corrected chi connectivity index (χ3v) is 2.90. The van der Waals surface area contributed by atoms with Gasteiger partial charge in [-0.25, -0.2) is 4.79 Å². The molecule has 0 bridgehead atoms. The molecule has 0 saturated carbocycles. The zero-order chi connectivity index (χ0) is 18.1. The monoisotopic (exact) mass is 336 g/mol. The lowest BCUT2D eigenvalue weighted by Crippen LogP contribution is -2.38. The molecule has 0 heterocycles. The summed E-state index contributed by atoms with van der Waals surface area (Å²) in [5.41, 5.74) is 0.614. The van der Waals surface area contributed by atoms with Crippen molar-refractivity contribution in [3.63, 3.8) is 0 Å². The highest BCUT2D eigenvalue weighted by Gasteiger charge is 2.09. The minimum Gasteiger partial charge on any atom is -0.504 e. The summed E-state index contributed by atoms with van der Waals surface area (Å²) in [5.74, 6) is -1.29. The summed E-state index contributed by atoms with van der Waals surface area (Å²) >= 11 is 0. The van der Waals surface area contributed by atoms with Gasteiger partial charge in [0.2, 0.25) is 5.91 Å². The Labute approximate surface area is 139 Å². The van der Waals surface area contributed by atoms with E-state index in [-0.39, 0.29) is 24.0 Å². The summed E-state index contributed by atoms with van der Waals surface area (Å²) in [6.07, 6.45) is 2.60. The second kappa shape index (κ2) is 9.19. The molecule has 2 N–H and O–H groups in total. The third-order valence-electron chi connectivity index (χ3n) is 2.90. The van der Waals surface area contributed by atoms with Gasteiger partial charge in [0.25, 0.3) is 5.91 Å². The van der Waals surface area contributed by atoms with Crippen molar-refractivity contribution in [2.24, 2.45) is 0 Å². The van der Waals surface area contributed by atoms with Gasteiger partial charge < -0.3 is 24.8 Å². The second-order valence-corrected chi connectivity index (χ2v) is 4.94. The van der Waals surface area contributed by atoms with Gasteiger partial charge in [0, 0.05) is 20.2 Å². The molecule has 1 rings (SSSR count). The fraction of sp³-hybridized carbons (Fsp3) is 0.312. The summed E-state index contributed by atoms with van der Waals surface area (Å²) in [7, 11) is 4.55. The maximum atomic E-state index is 11.5.